The number of aromatic hydroxyl groups is 1. The Labute approximate surface area is 145 Å². The number of carbonyl (C=O) groups excluding carboxylic acids is 1. The SMILES string of the molecule is CC(=O)Nc1ccc(S(=O)(=O)Nc2ccc(O)c3ccccc23)cc1. The molecule has 0 fully saturated rings. The fraction of sp³-hybridized carbons (Fsp3) is 0.0556. The molecule has 3 rings (SSSR count). The highest BCUT2D eigenvalue weighted by molar-refractivity contribution is 7.92. The lowest BCUT2D eigenvalue weighted by Gasteiger charge is -2.12. The van der Waals surface area contributed by atoms with Gasteiger partial charge in [-0.25, -0.2) is 8.42 Å². The molecule has 1 amide bonds. The van der Waals surface area contributed by atoms with E-state index < -0.39 is 10.0 Å². The summed E-state index contributed by atoms with van der Waals surface area (Å²) in [5, 5.41) is 13.6. The van der Waals surface area contributed by atoms with Crippen molar-refractivity contribution in [3.8, 4) is 5.75 Å². The molecule has 7 heteroatoms. The van der Waals surface area contributed by atoms with Crippen molar-refractivity contribution in [2.45, 2.75) is 11.8 Å². The minimum absolute atomic E-state index is 0.0683. The number of phenolic OH excluding ortho intramolecular Hbond substituents is 1. The molecule has 6 nitrogen and oxygen atoms in total. The highest BCUT2D eigenvalue weighted by Crippen LogP contribution is 2.32. The molecule has 0 aliphatic rings. The van der Waals surface area contributed by atoms with Gasteiger partial charge in [-0.05, 0) is 36.4 Å². The second kappa shape index (κ2) is 6.45. The minimum atomic E-state index is -3.81. The summed E-state index contributed by atoms with van der Waals surface area (Å²) in [7, 11) is -3.81. The first-order chi connectivity index (χ1) is 11.9. The van der Waals surface area contributed by atoms with E-state index in [2.05, 4.69) is 10.0 Å². The van der Waals surface area contributed by atoms with Crippen molar-refractivity contribution in [2.24, 2.45) is 0 Å². The maximum atomic E-state index is 12.6. The number of sulfonamides is 1. The summed E-state index contributed by atoms with van der Waals surface area (Å²) in [5.41, 5.74) is 0.890. The summed E-state index contributed by atoms with van der Waals surface area (Å²) in [5.74, 6) is -0.150. The van der Waals surface area contributed by atoms with Gasteiger partial charge in [-0.1, -0.05) is 24.3 Å². The average molecular weight is 356 g/mol. The highest BCUT2D eigenvalue weighted by atomic mass is 32.2. The monoisotopic (exact) mass is 356 g/mol. The van der Waals surface area contributed by atoms with Gasteiger partial charge in [-0.2, -0.15) is 0 Å². The van der Waals surface area contributed by atoms with Gasteiger partial charge >= 0.3 is 0 Å². The van der Waals surface area contributed by atoms with Gasteiger partial charge in [-0.15, -0.1) is 0 Å². The first-order valence-electron chi connectivity index (χ1n) is 7.48. The molecule has 0 spiro atoms. The molecule has 3 N–H and O–H groups in total. The van der Waals surface area contributed by atoms with E-state index in [4.69, 9.17) is 0 Å². The summed E-state index contributed by atoms with van der Waals surface area (Å²) >= 11 is 0. The van der Waals surface area contributed by atoms with E-state index in [1.54, 1.807) is 24.3 Å². The number of carbonyl (C=O) groups is 1. The molecule has 3 aromatic carbocycles. The number of benzene rings is 3. The summed E-state index contributed by atoms with van der Waals surface area (Å²) < 4.78 is 27.7. The van der Waals surface area contributed by atoms with Crippen LogP contribution in [0, 0.1) is 0 Å². The van der Waals surface area contributed by atoms with Crippen molar-refractivity contribution >= 4 is 38.1 Å². The van der Waals surface area contributed by atoms with E-state index in [1.165, 1.54) is 43.3 Å². The van der Waals surface area contributed by atoms with Crippen molar-refractivity contribution in [3.63, 3.8) is 0 Å². The number of amides is 1. The predicted octanol–water partition coefficient (Wildman–Crippen LogP) is 3.30. The molecule has 0 saturated carbocycles. The lowest BCUT2D eigenvalue weighted by atomic mass is 10.1. The van der Waals surface area contributed by atoms with Crippen molar-refractivity contribution < 1.29 is 18.3 Å². The van der Waals surface area contributed by atoms with Gasteiger partial charge < -0.3 is 10.4 Å². The minimum Gasteiger partial charge on any atom is -0.507 e. The standard InChI is InChI=1S/C18H16N2O4S/c1-12(21)19-13-6-8-14(9-7-13)25(23,24)20-17-10-11-18(22)16-5-3-2-4-15(16)17/h2-11,20,22H,1H3,(H,19,21). The average Bonchev–Trinajstić information content (AvgIpc) is 2.57. The molecule has 0 heterocycles. The van der Waals surface area contributed by atoms with Crippen molar-refractivity contribution in [2.75, 3.05) is 10.0 Å². The number of fused-ring (bicyclic) bond motifs is 1. The number of hydrogen-bond donors (Lipinski definition) is 3. The van der Waals surface area contributed by atoms with Crippen LogP contribution in [-0.2, 0) is 14.8 Å². The first-order valence-corrected chi connectivity index (χ1v) is 8.96. The van der Waals surface area contributed by atoms with Gasteiger partial charge in [0.1, 0.15) is 5.75 Å². The van der Waals surface area contributed by atoms with Crippen LogP contribution in [0.3, 0.4) is 0 Å². The van der Waals surface area contributed by atoms with E-state index in [-0.39, 0.29) is 16.6 Å². The Morgan fingerprint density at radius 3 is 2.20 bits per heavy atom. The molecular formula is C18H16N2O4S. The van der Waals surface area contributed by atoms with Crippen LogP contribution in [0.5, 0.6) is 5.75 Å². The van der Waals surface area contributed by atoms with Crippen molar-refractivity contribution in [1.29, 1.82) is 0 Å². The second-order valence-corrected chi connectivity index (χ2v) is 7.17. The summed E-state index contributed by atoms with van der Waals surface area (Å²) in [6.07, 6.45) is 0. The molecule has 0 bridgehead atoms. The molecule has 3 aromatic rings. The van der Waals surface area contributed by atoms with Crippen LogP contribution in [0.1, 0.15) is 6.92 Å². The number of nitrogens with one attached hydrogen (secondary N) is 2. The van der Waals surface area contributed by atoms with Crippen LogP contribution in [0.2, 0.25) is 0 Å². The Kier molecular flexibility index (Phi) is 4.33. The Morgan fingerprint density at radius 2 is 1.56 bits per heavy atom. The topological polar surface area (TPSA) is 95.5 Å². The van der Waals surface area contributed by atoms with Gasteiger partial charge in [0.25, 0.3) is 10.0 Å². The Balaban J connectivity index is 1.94. The van der Waals surface area contributed by atoms with Crippen LogP contribution in [0.25, 0.3) is 10.8 Å². The zero-order chi connectivity index (χ0) is 18.0. The van der Waals surface area contributed by atoms with Gasteiger partial charge in [0, 0.05) is 23.4 Å². The van der Waals surface area contributed by atoms with Crippen LogP contribution >= 0.6 is 0 Å². The summed E-state index contributed by atoms with van der Waals surface area (Å²) in [4.78, 5) is 11.1. The van der Waals surface area contributed by atoms with Crippen LogP contribution in [-0.4, -0.2) is 19.4 Å². The lowest BCUT2D eigenvalue weighted by Crippen LogP contribution is -2.13. The van der Waals surface area contributed by atoms with Crippen LogP contribution < -0.4 is 10.0 Å². The lowest BCUT2D eigenvalue weighted by molar-refractivity contribution is -0.114. The molecule has 0 aliphatic heterocycles. The highest BCUT2D eigenvalue weighted by Gasteiger charge is 2.16. The fourth-order valence-electron chi connectivity index (χ4n) is 2.50. The predicted molar refractivity (Wildman–Crippen MR) is 97.2 cm³/mol. The maximum absolute atomic E-state index is 12.6. The molecule has 0 aliphatic carbocycles. The Morgan fingerprint density at radius 1 is 0.920 bits per heavy atom. The van der Waals surface area contributed by atoms with Gasteiger partial charge in [0.15, 0.2) is 0 Å². The van der Waals surface area contributed by atoms with Crippen molar-refractivity contribution in [1.82, 2.24) is 0 Å². The fourth-order valence-corrected chi connectivity index (χ4v) is 3.58. The maximum Gasteiger partial charge on any atom is 0.261 e. The Hall–Kier alpha value is -3.06. The number of rotatable bonds is 4. The third kappa shape index (κ3) is 3.56. The quantitative estimate of drug-likeness (QED) is 0.625. The largest absolute Gasteiger partial charge is 0.507 e. The van der Waals surface area contributed by atoms with E-state index in [1.807, 2.05) is 0 Å². The number of phenols is 1. The molecule has 0 atom stereocenters. The molecule has 0 radical (unpaired) electrons. The molecule has 0 aromatic heterocycles. The van der Waals surface area contributed by atoms with Gasteiger partial charge in [0.05, 0.1) is 10.6 Å². The van der Waals surface area contributed by atoms with Crippen LogP contribution in [0.15, 0.2) is 65.6 Å². The van der Waals surface area contributed by atoms with Gasteiger partial charge in [0.2, 0.25) is 5.91 Å². The third-order valence-electron chi connectivity index (χ3n) is 3.63. The third-order valence-corrected chi connectivity index (χ3v) is 5.01. The van der Waals surface area contributed by atoms with Gasteiger partial charge in [-0.3, -0.25) is 9.52 Å². The Bertz CT molecular complexity index is 1040. The first kappa shape index (κ1) is 16.8. The zero-order valence-corrected chi connectivity index (χ0v) is 14.2. The van der Waals surface area contributed by atoms with E-state index >= 15 is 0 Å². The molecule has 0 unspecified atom stereocenters. The van der Waals surface area contributed by atoms with E-state index in [0.717, 1.165) is 0 Å². The smallest absolute Gasteiger partial charge is 0.261 e. The second-order valence-electron chi connectivity index (χ2n) is 5.49. The van der Waals surface area contributed by atoms with Crippen LogP contribution in [0.4, 0.5) is 11.4 Å². The normalized spacial score (nSPS) is 11.2. The summed E-state index contributed by atoms with van der Waals surface area (Å²) in [6, 6.07) is 15.8. The van der Waals surface area contributed by atoms with E-state index in [0.29, 0.717) is 22.1 Å². The zero-order valence-electron chi connectivity index (χ0n) is 13.4. The van der Waals surface area contributed by atoms with Crippen molar-refractivity contribution in [3.05, 3.63) is 60.7 Å². The summed E-state index contributed by atoms with van der Waals surface area (Å²) in [6.45, 7) is 1.38. The molecule has 25 heavy (non-hydrogen) atoms. The molecule has 0 saturated heterocycles. The number of hydrogen-bond acceptors (Lipinski definition) is 4. The molecule has 128 valence electrons. The number of anilines is 2. The van der Waals surface area contributed by atoms with E-state index in [9.17, 15) is 18.3 Å². The molecular weight excluding hydrogens is 340 g/mol.